The first-order valence-corrected chi connectivity index (χ1v) is 7.22. The normalized spacial score (nSPS) is 24.4. The van der Waals surface area contributed by atoms with Gasteiger partial charge in [0.1, 0.15) is 5.82 Å². The van der Waals surface area contributed by atoms with E-state index < -0.39 is 0 Å². The van der Waals surface area contributed by atoms with E-state index >= 15 is 0 Å². The first-order chi connectivity index (χ1) is 8.82. The van der Waals surface area contributed by atoms with Crippen LogP contribution in [-0.2, 0) is 0 Å². The summed E-state index contributed by atoms with van der Waals surface area (Å²) in [6.45, 7) is 7.97. The van der Waals surface area contributed by atoms with E-state index in [4.69, 9.17) is 0 Å². The molecule has 0 spiro atoms. The Morgan fingerprint density at radius 2 is 2.05 bits per heavy atom. The summed E-state index contributed by atoms with van der Waals surface area (Å²) in [5.74, 6) is -0.268. The molecule has 1 aromatic rings. The van der Waals surface area contributed by atoms with Crippen LogP contribution in [0, 0.1) is 23.1 Å². The number of likely N-dealkylation sites (tertiary alicyclic amines) is 1. The molecule has 0 radical (unpaired) electrons. The van der Waals surface area contributed by atoms with Gasteiger partial charge < -0.3 is 0 Å². The molecule has 2 atom stereocenters. The van der Waals surface area contributed by atoms with Gasteiger partial charge in [-0.05, 0) is 44.5 Å². The summed E-state index contributed by atoms with van der Waals surface area (Å²) in [6.07, 6.45) is 0. The largest absolute Gasteiger partial charge is 0.297 e. The predicted molar refractivity (Wildman–Crippen MR) is 77.3 cm³/mol. The second-order valence-corrected chi connectivity index (χ2v) is 6.94. The van der Waals surface area contributed by atoms with Crippen molar-refractivity contribution >= 4 is 15.9 Å². The Labute approximate surface area is 122 Å². The molecular formula is C15H18BrFN2. The molecule has 19 heavy (non-hydrogen) atoms. The first-order valence-electron chi connectivity index (χ1n) is 6.42. The van der Waals surface area contributed by atoms with Crippen LogP contribution < -0.4 is 0 Å². The molecule has 2 rings (SSSR count). The number of nitriles is 1. The van der Waals surface area contributed by atoms with E-state index in [9.17, 15) is 9.65 Å². The number of rotatable bonds is 1. The van der Waals surface area contributed by atoms with Crippen LogP contribution in [0.4, 0.5) is 4.39 Å². The lowest BCUT2D eigenvalue weighted by Gasteiger charge is -2.31. The number of halogens is 2. The summed E-state index contributed by atoms with van der Waals surface area (Å²) in [5, 5.41) is 9.36. The van der Waals surface area contributed by atoms with Gasteiger partial charge in [0.15, 0.2) is 0 Å². The zero-order valence-corrected chi connectivity index (χ0v) is 13.0. The third-order valence-corrected chi connectivity index (χ3v) is 4.51. The van der Waals surface area contributed by atoms with Crippen LogP contribution in [0.15, 0.2) is 22.7 Å². The van der Waals surface area contributed by atoms with Gasteiger partial charge in [-0.25, -0.2) is 4.39 Å². The highest BCUT2D eigenvalue weighted by molar-refractivity contribution is 9.10. The zero-order chi connectivity index (χ0) is 14.2. The number of benzene rings is 1. The minimum absolute atomic E-state index is 0.0314. The highest BCUT2D eigenvalue weighted by Gasteiger charge is 2.39. The SMILES string of the molecule is CC(C)(C)N1C[C@@H](C#N)[C@H](c2cc(F)ccc2Br)C1. The molecular weight excluding hydrogens is 307 g/mol. The van der Waals surface area contributed by atoms with Crippen LogP contribution in [-0.4, -0.2) is 23.5 Å². The van der Waals surface area contributed by atoms with Crippen molar-refractivity contribution < 1.29 is 4.39 Å². The highest BCUT2D eigenvalue weighted by Crippen LogP contribution is 2.38. The van der Waals surface area contributed by atoms with E-state index in [1.54, 1.807) is 12.1 Å². The molecule has 0 bridgehead atoms. The van der Waals surface area contributed by atoms with Crippen molar-refractivity contribution in [2.24, 2.45) is 5.92 Å². The lowest BCUT2D eigenvalue weighted by atomic mass is 9.90. The second kappa shape index (κ2) is 5.22. The molecule has 2 nitrogen and oxygen atoms in total. The summed E-state index contributed by atoms with van der Waals surface area (Å²) in [7, 11) is 0. The van der Waals surface area contributed by atoms with E-state index in [1.165, 1.54) is 6.07 Å². The van der Waals surface area contributed by atoms with Gasteiger partial charge >= 0.3 is 0 Å². The maximum atomic E-state index is 13.4. The van der Waals surface area contributed by atoms with Gasteiger partial charge in [-0.2, -0.15) is 5.26 Å². The van der Waals surface area contributed by atoms with Crippen molar-refractivity contribution in [2.75, 3.05) is 13.1 Å². The molecule has 0 amide bonds. The van der Waals surface area contributed by atoms with Gasteiger partial charge in [0.05, 0.1) is 12.0 Å². The lowest BCUT2D eigenvalue weighted by Crippen LogP contribution is -2.39. The molecule has 1 aromatic carbocycles. The molecule has 4 heteroatoms. The van der Waals surface area contributed by atoms with Crippen LogP contribution in [0.3, 0.4) is 0 Å². The van der Waals surface area contributed by atoms with Gasteiger partial charge in [0, 0.05) is 29.0 Å². The molecule has 1 fully saturated rings. The second-order valence-electron chi connectivity index (χ2n) is 6.08. The van der Waals surface area contributed by atoms with E-state index in [2.05, 4.69) is 47.7 Å². The van der Waals surface area contributed by atoms with Gasteiger partial charge in [-0.15, -0.1) is 0 Å². The van der Waals surface area contributed by atoms with Crippen molar-refractivity contribution in [1.29, 1.82) is 5.26 Å². The summed E-state index contributed by atoms with van der Waals surface area (Å²) in [6, 6.07) is 7.08. The third-order valence-electron chi connectivity index (χ3n) is 3.79. The summed E-state index contributed by atoms with van der Waals surface area (Å²) >= 11 is 3.47. The Hall–Kier alpha value is -0.920. The maximum absolute atomic E-state index is 13.4. The fourth-order valence-corrected chi connectivity index (χ4v) is 3.14. The fraction of sp³-hybridized carbons (Fsp3) is 0.533. The van der Waals surface area contributed by atoms with Crippen molar-refractivity contribution in [2.45, 2.75) is 32.2 Å². The van der Waals surface area contributed by atoms with Crippen LogP contribution in [0.1, 0.15) is 32.3 Å². The Morgan fingerprint density at radius 1 is 1.37 bits per heavy atom. The standard InChI is InChI=1S/C15H18BrFN2/c1-15(2,3)19-8-10(7-18)13(9-19)12-6-11(17)4-5-14(12)16/h4-6,10,13H,8-9H2,1-3H3/t10-,13-/m1/s1. The van der Waals surface area contributed by atoms with E-state index in [-0.39, 0.29) is 23.2 Å². The summed E-state index contributed by atoms with van der Waals surface area (Å²) in [4.78, 5) is 2.29. The smallest absolute Gasteiger partial charge is 0.123 e. The number of hydrogen-bond acceptors (Lipinski definition) is 2. The Balaban J connectivity index is 2.34. The summed E-state index contributed by atoms with van der Waals surface area (Å²) < 4.78 is 14.3. The average Bonchev–Trinajstić information content (AvgIpc) is 2.76. The van der Waals surface area contributed by atoms with Crippen LogP contribution in [0.25, 0.3) is 0 Å². The number of nitrogens with zero attached hydrogens (tertiary/aromatic N) is 2. The molecule has 1 saturated heterocycles. The van der Waals surface area contributed by atoms with E-state index in [0.717, 1.165) is 23.1 Å². The van der Waals surface area contributed by atoms with Crippen LogP contribution in [0.5, 0.6) is 0 Å². The minimum Gasteiger partial charge on any atom is -0.297 e. The van der Waals surface area contributed by atoms with Crippen molar-refractivity contribution in [3.8, 4) is 6.07 Å². The Kier molecular flexibility index (Phi) is 3.98. The average molecular weight is 325 g/mol. The molecule has 1 heterocycles. The predicted octanol–water partition coefficient (Wildman–Crippen LogP) is 3.93. The van der Waals surface area contributed by atoms with Crippen molar-refractivity contribution in [3.63, 3.8) is 0 Å². The topological polar surface area (TPSA) is 27.0 Å². The van der Waals surface area contributed by atoms with Gasteiger partial charge in [-0.1, -0.05) is 15.9 Å². The van der Waals surface area contributed by atoms with Crippen LogP contribution in [0.2, 0.25) is 0 Å². The van der Waals surface area contributed by atoms with Gasteiger partial charge in [0.25, 0.3) is 0 Å². The molecule has 1 aliphatic heterocycles. The molecule has 102 valence electrons. The molecule has 0 unspecified atom stereocenters. The van der Waals surface area contributed by atoms with E-state index in [1.807, 2.05) is 0 Å². The lowest BCUT2D eigenvalue weighted by molar-refractivity contribution is 0.170. The maximum Gasteiger partial charge on any atom is 0.123 e. The third kappa shape index (κ3) is 2.98. The number of hydrogen-bond donors (Lipinski definition) is 0. The van der Waals surface area contributed by atoms with Crippen LogP contribution >= 0.6 is 15.9 Å². The zero-order valence-electron chi connectivity index (χ0n) is 11.5. The molecule has 1 aliphatic rings. The monoisotopic (exact) mass is 324 g/mol. The Morgan fingerprint density at radius 3 is 2.63 bits per heavy atom. The molecule has 0 saturated carbocycles. The first kappa shape index (κ1) is 14.5. The quantitative estimate of drug-likeness (QED) is 0.782. The fourth-order valence-electron chi connectivity index (χ4n) is 2.60. The van der Waals surface area contributed by atoms with Crippen molar-refractivity contribution in [3.05, 3.63) is 34.1 Å². The van der Waals surface area contributed by atoms with Crippen molar-refractivity contribution in [1.82, 2.24) is 4.90 Å². The molecule has 0 aromatic heterocycles. The molecule has 0 aliphatic carbocycles. The van der Waals surface area contributed by atoms with E-state index in [0.29, 0.717) is 0 Å². The Bertz CT molecular complexity index is 516. The van der Waals surface area contributed by atoms with Gasteiger partial charge in [0.2, 0.25) is 0 Å². The highest BCUT2D eigenvalue weighted by atomic mass is 79.9. The minimum atomic E-state index is -0.246. The molecule has 0 N–H and O–H groups in total. The summed E-state index contributed by atoms with van der Waals surface area (Å²) in [5.41, 5.74) is 0.933. The van der Waals surface area contributed by atoms with Gasteiger partial charge in [-0.3, -0.25) is 4.90 Å².